The van der Waals surface area contributed by atoms with Crippen molar-refractivity contribution >= 4 is 28.5 Å². The van der Waals surface area contributed by atoms with Gasteiger partial charge in [0, 0.05) is 44.5 Å². The number of nitrogens with one attached hydrogen (secondary N) is 1. The van der Waals surface area contributed by atoms with Gasteiger partial charge in [-0.05, 0) is 31.5 Å². The van der Waals surface area contributed by atoms with E-state index >= 15 is 0 Å². The van der Waals surface area contributed by atoms with Gasteiger partial charge in [0.2, 0.25) is 5.88 Å². The number of aromatic nitrogens is 8. The monoisotopic (exact) mass is 517 g/mol. The maximum absolute atomic E-state index is 12.1. The first-order chi connectivity index (χ1) is 18.3. The van der Waals surface area contributed by atoms with Crippen molar-refractivity contribution in [3.63, 3.8) is 0 Å². The first-order valence-corrected chi connectivity index (χ1v) is 11.9. The first kappa shape index (κ1) is 24.9. The highest BCUT2D eigenvalue weighted by Crippen LogP contribution is 2.33. The summed E-state index contributed by atoms with van der Waals surface area (Å²) in [7, 11) is 4.74. The molecule has 0 aromatic carbocycles. The molecule has 1 atom stereocenters. The highest BCUT2D eigenvalue weighted by Gasteiger charge is 2.22. The number of methoxy groups -OCH3 is 1. The number of aromatic hydroxyl groups is 1. The van der Waals surface area contributed by atoms with Crippen LogP contribution < -0.4 is 5.32 Å². The van der Waals surface area contributed by atoms with Crippen LogP contribution in [0.2, 0.25) is 0 Å². The predicted octanol–water partition coefficient (Wildman–Crippen LogP) is 2.81. The second-order valence-corrected chi connectivity index (χ2v) is 8.79. The van der Waals surface area contributed by atoms with Crippen molar-refractivity contribution < 1.29 is 19.7 Å². The molecule has 5 aromatic rings. The number of hydrogen-bond acceptors (Lipinski definition) is 10. The molecule has 5 rings (SSSR count). The molecule has 0 saturated heterocycles. The van der Waals surface area contributed by atoms with Gasteiger partial charge in [0.1, 0.15) is 28.6 Å². The number of nitrogens with zero attached hydrogens (tertiary/aromatic N) is 8. The van der Waals surface area contributed by atoms with E-state index in [1.54, 1.807) is 43.2 Å². The lowest BCUT2D eigenvalue weighted by Crippen LogP contribution is -2.10. The van der Waals surface area contributed by atoms with Crippen molar-refractivity contribution in [2.45, 2.75) is 19.4 Å². The molecule has 0 spiro atoms. The normalized spacial score (nSPS) is 12.1. The van der Waals surface area contributed by atoms with Gasteiger partial charge in [-0.3, -0.25) is 4.68 Å². The molecule has 0 bridgehead atoms. The maximum atomic E-state index is 12.1. The van der Waals surface area contributed by atoms with Crippen molar-refractivity contribution in [2.24, 2.45) is 14.1 Å². The summed E-state index contributed by atoms with van der Waals surface area (Å²) in [6.45, 7) is 1.98. The molecular formula is C25H27N9O4. The zero-order valence-electron chi connectivity index (χ0n) is 21.3. The van der Waals surface area contributed by atoms with Gasteiger partial charge in [-0.25, -0.2) is 24.4 Å². The molecule has 0 radical (unpaired) electrons. The smallest absolute Gasteiger partial charge is 0.354 e. The lowest BCUT2D eigenvalue weighted by Gasteiger charge is -2.12. The van der Waals surface area contributed by atoms with Gasteiger partial charge in [0.15, 0.2) is 5.82 Å². The molecule has 0 aliphatic carbocycles. The summed E-state index contributed by atoms with van der Waals surface area (Å²) < 4.78 is 9.80. The molecule has 196 valence electrons. The zero-order valence-corrected chi connectivity index (χ0v) is 21.3. The molecule has 0 fully saturated rings. The summed E-state index contributed by atoms with van der Waals surface area (Å²) in [6, 6.07) is 6.95. The number of aliphatic hydroxyl groups excluding tert-OH is 1. The average molecular weight is 518 g/mol. The third kappa shape index (κ3) is 4.32. The second-order valence-electron chi connectivity index (χ2n) is 8.79. The van der Waals surface area contributed by atoms with Crippen molar-refractivity contribution in [3.05, 3.63) is 48.5 Å². The Morgan fingerprint density at radius 2 is 1.97 bits per heavy atom. The molecule has 1 unspecified atom stereocenters. The van der Waals surface area contributed by atoms with Crippen molar-refractivity contribution in [2.75, 3.05) is 19.0 Å². The lowest BCUT2D eigenvalue weighted by molar-refractivity contribution is 0.0590. The van der Waals surface area contributed by atoms with E-state index in [-0.39, 0.29) is 18.5 Å². The minimum absolute atomic E-state index is 0.00951. The number of ether oxygens (including phenoxy) is 1. The summed E-state index contributed by atoms with van der Waals surface area (Å²) >= 11 is 0. The van der Waals surface area contributed by atoms with E-state index in [4.69, 9.17) is 9.84 Å². The Bertz CT molecular complexity index is 1640. The molecule has 3 N–H and O–H groups in total. The van der Waals surface area contributed by atoms with Gasteiger partial charge in [-0.1, -0.05) is 0 Å². The van der Waals surface area contributed by atoms with Gasteiger partial charge in [0.25, 0.3) is 0 Å². The molecule has 0 saturated carbocycles. The van der Waals surface area contributed by atoms with Crippen molar-refractivity contribution in [1.82, 2.24) is 39.1 Å². The summed E-state index contributed by atoms with van der Waals surface area (Å²) in [4.78, 5) is 25.5. The van der Waals surface area contributed by atoms with Crippen LogP contribution in [0.4, 0.5) is 11.6 Å². The third-order valence-corrected chi connectivity index (χ3v) is 6.38. The van der Waals surface area contributed by atoms with E-state index in [0.717, 1.165) is 16.6 Å². The number of fused-ring (bicyclic) bond motifs is 1. The Balaban J connectivity index is 1.55. The Morgan fingerprint density at radius 1 is 1.16 bits per heavy atom. The highest BCUT2D eigenvalue weighted by atomic mass is 16.5. The van der Waals surface area contributed by atoms with Gasteiger partial charge >= 0.3 is 5.97 Å². The standard InChI is InChI=1S/C25H27N9O4/c1-14(8-10-35)34-19-11-21(29-20-7-9-26-23(30-20)16-13-28-33(3)24(16)36)27-12-15(19)22(31-34)17-5-6-18(32(17)2)25(37)38-4/h5-7,9,11-14,35-36H,8,10H2,1-4H3,(H,26,27,29,30). The first-order valence-electron chi connectivity index (χ1n) is 11.9. The topological polar surface area (TPSA) is 158 Å². The number of aryl methyl sites for hydroxylation is 1. The molecule has 13 heteroatoms. The Labute approximate surface area is 217 Å². The van der Waals surface area contributed by atoms with E-state index in [0.29, 0.717) is 40.8 Å². The quantitative estimate of drug-likeness (QED) is 0.261. The minimum Gasteiger partial charge on any atom is -0.493 e. The number of rotatable bonds is 8. The van der Waals surface area contributed by atoms with Crippen LogP contribution in [0.15, 0.2) is 42.9 Å². The van der Waals surface area contributed by atoms with Crippen LogP contribution in [0.3, 0.4) is 0 Å². The minimum atomic E-state index is -0.440. The third-order valence-electron chi connectivity index (χ3n) is 6.38. The Kier molecular flexibility index (Phi) is 6.51. The number of hydrogen-bond donors (Lipinski definition) is 3. The van der Waals surface area contributed by atoms with Crippen molar-refractivity contribution in [3.8, 4) is 28.7 Å². The second kappa shape index (κ2) is 9.94. The van der Waals surface area contributed by atoms with E-state index in [9.17, 15) is 15.0 Å². The molecule has 0 amide bonds. The number of anilines is 2. The molecule has 0 aliphatic rings. The van der Waals surface area contributed by atoms with Crippen LogP contribution in [0.5, 0.6) is 5.88 Å². The SMILES string of the molecule is COC(=O)c1ccc(-c2nn(C(C)CCO)c3cc(Nc4ccnc(-c5cnn(C)c5O)n4)ncc23)n1C. The number of esters is 1. The molecule has 5 heterocycles. The lowest BCUT2D eigenvalue weighted by atomic mass is 10.2. The van der Waals surface area contributed by atoms with E-state index in [1.165, 1.54) is 18.0 Å². The van der Waals surface area contributed by atoms with Gasteiger partial charge < -0.3 is 24.8 Å². The van der Waals surface area contributed by atoms with E-state index < -0.39 is 5.97 Å². The van der Waals surface area contributed by atoms with E-state index in [1.807, 2.05) is 23.7 Å². The fraction of sp³-hybridized carbons (Fsp3) is 0.280. The van der Waals surface area contributed by atoms with Crippen LogP contribution in [0.1, 0.15) is 29.9 Å². The molecule has 38 heavy (non-hydrogen) atoms. The van der Waals surface area contributed by atoms with Crippen LogP contribution in [-0.2, 0) is 18.8 Å². The Morgan fingerprint density at radius 3 is 2.68 bits per heavy atom. The number of carbonyl (C=O) groups excluding carboxylic acids is 1. The Hall–Kier alpha value is -4.78. The van der Waals surface area contributed by atoms with Gasteiger partial charge in [0.05, 0.1) is 30.6 Å². The molecule has 0 aliphatic heterocycles. The van der Waals surface area contributed by atoms with Crippen molar-refractivity contribution in [1.29, 1.82) is 0 Å². The molecule has 13 nitrogen and oxygen atoms in total. The van der Waals surface area contributed by atoms with Crippen LogP contribution in [0, 0.1) is 0 Å². The molecular weight excluding hydrogens is 490 g/mol. The highest BCUT2D eigenvalue weighted by molar-refractivity contribution is 5.95. The van der Waals surface area contributed by atoms with Gasteiger partial charge in [-0.15, -0.1) is 0 Å². The summed E-state index contributed by atoms with van der Waals surface area (Å²) in [5.41, 5.74) is 2.98. The summed E-state index contributed by atoms with van der Waals surface area (Å²) in [5, 5.41) is 32.6. The summed E-state index contributed by atoms with van der Waals surface area (Å²) in [6.07, 6.45) is 5.29. The number of aliphatic hydroxyl groups is 1. The fourth-order valence-electron chi connectivity index (χ4n) is 4.27. The largest absolute Gasteiger partial charge is 0.493 e. The van der Waals surface area contributed by atoms with Crippen LogP contribution in [0.25, 0.3) is 33.7 Å². The summed E-state index contributed by atoms with van der Waals surface area (Å²) in [5.74, 6) is 0.834. The maximum Gasteiger partial charge on any atom is 0.354 e. The van der Waals surface area contributed by atoms with Gasteiger partial charge in [-0.2, -0.15) is 10.2 Å². The van der Waals surface area contributed by atoms with E-state index in [2.05, 4.69) is 25.4 Å². The predicted molar refractivity (Wildman–Crippen MR) is 139 cm³/mol. The fourth-order valence-corrected chi connectivity index (χ4v) is 4.27. The van der Waals surface area contributed by atoms with Crippen LogP contribution in [-0.4, -0.2) is 69.0 Å². The average Bonchev–Trinajstić information content (AvgIpc) is 3.58. The molecule has 5 aromatic heterocycles. The van der Waals surface area contributed by atoms with Crippen LogP contribution >= 0.6 is 0 Å². The number of pyridine rings is 1. The zero-order chi connectivity index (χ0) is 27.0. The number of carbonyl (C=O) groups is 1.